The lowest BCUT2D eigenvalue weighted by molar-refractivity contribution is 0.101. The van der Waals surface area contributed by atoms with Crippen molar-refractivity contribution < 1.29 is 9.53 Å². The molecule has 1 saturated carbocycles. The molecule has 98 valence electrons. The molecule has 0 saturated heterocycles. The number of amides is 1. The normalized spacial score (nSPS) is 15.4. The number of anilines is 1. The summed E-state index contributed by atoms with van der Waals surface area (Å²) in [6.07, 6.45) is 4.15. The highest BCUT2D eigenvalue weighted by molar-refractivity contribution is 5.67. The maximum absolute atomic E-state index is 11.6. The van der Waals surface area contributed by atoms with Crippen LogP contribution >= 0.6 is 0 Å². The van der Waals surface area contributed by atoms with E-state index in [1.165, 1.54) is 12.8 Å². The molecule has 1 amide bonds. The van der Waals surface area contributed by atoms with Crippen LogP contribution in [0.25, 0.3) is 0 Å². The fraction of sp³-hybridized carbons (Fsp3) is 0.500. The van der Waals surface area contributed by atoms with Crippen molar-refractivity contribution >= 4 is 11.8 Å². The zero-order valence-electron chi connectivity index (χ0n) is 10.7. The number of alkyl carbamates (subject to hydrolysis) is 1. The van der Waals surface area contributed by atoms with Gasteiger partial charge in [0, 0.05) is 19.3 Å². The molecule has 2 N–H and O–H groups in total. The van der Waals surface area contributed by atoms with Gasteiger partial charge in [0.25, 0.3) is 0 Å². The minimum Gasteiger partial charge on any atom is -0.446 e. The van der Waals surface area contributed by atoms with Crippen molar-refractivity contribution in [3.8, 4) is 0 Å². The summed E-state index contributed by atoms with van der Waals surface area (Å²) < 4.78 is 5.32. The number of hydrogen-bond acceptors (Lipinski definition) is 3. The summed E-state index contributed by atoms with van der Waals surface area (Å²) in [7, 11) is 1.88. The van der Waals surface area contributed by atoms with E-state index in [0.717, 1.165) is 24.1 Å². The van der Waals surface area contributed by atoms with Gasteiger partial charge >= 0.3 is 6.09 Å². The van der Waals surface area contributed by atoms with Crippen LogP contribution in [0.3, 0.4) is 0 Å². The van der Waals surface area contributed by atoms with Gasteiger partial charge in [-0.1, -0.05) is 12.1 Å². The van der Waals surface area contributed by atoms with E-state index in [1.54, 1.807) is 0 Å². The van der Waals surface area contributed by atoms with Crippen LogP contribution in [-0.4, -0.2) is 19.2 Å². The van der Waals surface area contributed by atoms with Crippen LogP contribution in [0.1, 0.15) is 31.2 Å². The summed E-state index contributed by atoms with van der Waals surface area (Å²) in [5.41, 5.74) is 2.10. The van der Waals surface area contributed by atoms with E-state index in [0.29, 0.717) is 6.54 Å². The van der Waals surface area contributed by atoms with Gasteiger partial charge in [-0.05, 0) is 43.4 Å². The molecule has 1 aromatic carbocycles. The number of nitrogens with one attached hydrogen (secondary N) is 2. The van der Waals surface area contributed by atoms with Gasteiger partial charge in [-0.15, -0.1) is 0 Å². The number of carbonyl (C=O) groups is 1. The predicted molar refractivity (Wildman–Crippen MR) is 71.6 cm³/mol. The average molecular weight is 248 g/mol. The second-order valence-corrected chi connectivity index (χ2v) is 4.62. The number of ether oxygens (including phenoxy) is 1. The Kier molecular flexibility index (Phi) is 4.45. The van der Waals surface area contributed by atoms with E-state index in [2.05, 4.69) is 10.6 Å². The quantitative estimate of drug-likeness (QED) is 0.861. The summed E-state index contributed by atoms with van der Waals surface area (Å²) >= 11 is 0. The molecular formula is C14H20N2O2. The molecule has 4 heteroatoms. The van der Waals surface area contributed by atoms with Gasteiger partial charge in [0.15, 0.2) is 0 Å². The van der Waals surface area contributed by atoms with Crippen molar-refractivity contribution in [2.45, 2.75) is 38.3 Å². The second kappa shape index (κ2) is 6.28. The number of rotatable bonds is 4. The minimum atomic E-state index is -0.309. The number of benzene rings is 1. The van der Waals surface area contributed by atoms with Gasteiger partial charge in [0.2, 0.25) is 0 Å². The third-order valence-corrected chi connectivity index (χ3v) is 3.23. The molecule has 2 rings (SSSR count). The van der Waals surface area contributed by atoms with E-state index in [9.17, 15) is 4.79 Å². The summed E-state index contributed by atoms with van der Waals surface area (Å²) in [5.74, 6) is 0. The first-order valence-electron chi connectivity index (χ1n) is 6.49. The third-order valence-electron chi connectivity index (χ3n) is 3.23. The lowest BCUT2D eigenvalue weighted by Crippen LogP contribution is -2.27. The van der Waals surface area contributed by atoms with E-state index in [1.807, 2.05) is 31.3 Å². The lowest BCUT2D eigenvalue weighted by Gasteiger charge is -2.12. The second-order valence-electron chi connectivity index (χ2n) is 4.62. The molecule has 0 aliphatic heterocycles. The topological polar surface area (TPSA) is 50.4 Å². The maximum atomic E-state index is 11.6. The fourth-order valence-corrected chi connectivity index (χ4v) is 2.21. The van der Waals surface area contributed by atoms with E-state index < -0.39 is 0 Å². The van der Waals surface area contributed by atoms with Crippen LogP contribution < -0.4 is 10.6 Å². The first-order chi connectivity index (χ1) is 8.78. The van der Waals surface area contributed by atoms with Gasteiger partial charge in [-0.3, -0.25) is 0 Å². The van der Waals surface area contributed by atoms with Crippen molar-refractivity contribution in [1.29, 1.82) is 0 Å². The highest BCUT2D eigenvalue weighted by Crippen LogP contribution is 2.20. The van der Waals surface area contributed by atoms with Crippen LogP contribution in [0.2, 0.25) is 0 Å². The molecule has 18 heavy (non-hydrogen) atoms. The first-order valence-corrected chi connectivity index (χ1v) is 6.49. The van der Waals surface area contributed by atoms with Crippen molar-refractivity contribution in [1.82, 2.24) is 5.32 Å². The molecule has 1 aliphatic rings. The average Bonchev–Trinajstić information content (AvgIpc) is 2.89. The molecule has 0 spiro atoms. The van der Waals surface area contributed by atoms with Crippen molar-refractivity contribution in [3.05, 3.63) is 29.8 Å². The van der Waals surface area contributed by atoms with Crippen LogP contribution in [-0.2, 0) is 11.3 Å². The highest BCUT2D eigenvalue weighted by Gasteiger charge is 2.18. The van der Waals surface area contributed by atoms with Crippen molar-refractivity contribution in [3.63, 3.8) is 0 Å². The Balaban J connectivity index is 1.77. The Morgan fingerprint density at radius 3 is 2.89 bits per heavy atom. The van der Waals surface area contributed by atoms with Crippen LogP contribution in [0.5, 0.6) is 0 Å². The van der Waals surface area contributed by atoms with E-state index in [-0.39, 0.29) is 12.2 Å². The number of carbonyl (C=O) groups excluding carboxylic acids is 1. The largest absolute Gasteiger partial charge is 0.446 e. The molecule has 1 fully saturated rings. The molecule has 4 nitrogen and oxygen atoms in total. The third kappa shape index (κ3) is 3.65. The molecule has 0 bridgehead atoms. The standard InChI is InChI=1S/C14H20N2O2/c1-15-12-6-4-5-11(9-12)10-16-14(17)18-13-7-2-3-8-13/h4-6,9,13,15H,2-3,7-8,10H2,1H3,(H,16,17). The predicted octanol–water partition coefficient (Wildman–Crippen LogP) is 2.90. The zero-order valence-corrected chi connectivity index (χ0v) is 10.7. The smallest absolute Gasteiger partial charge is 0.407 e. The Hall–Kier alpha value is -1.71. The van der Waals surface area contributed by atoms with Gasteiger partial charge in [-0.25, -0.2) is 4.79 Å². The Labute approximate surface area is 108 Å². The van der Waals surface area contributed by atoms with Crippen LogP contribution in [0.15, 0.2) is 24.3 Å². The fourth-order valence-electron chi connectivity index (χ4n) is 2.21. The zero-order chi connectivity index (χ0) is 12.8. The molecule has 1 aromatic rings. The minimum absolute atomic E-state index is 0.119. The molecule has 0 aromatic heterocycles. The van der Waals surface area contributed by atoms with Crippen LogP contribution in [0.4, 0.5) is 10.5 Å². The Morgan fingerprint density at radius 1 is 1.39 bits per heavy atom. The van der Waals surface area contributed by atoms with Gasteiger partial charge in [-0.2, -0.15) is 0 Å². The SMILES string of the molecule is CNc1cccc(CNC(=O)OC2CCCC2)c1. The summed E-state index contributed by atoms with van der Waals surface area (Å²) in [4.78, 5) is 11.6. The maximum Gasteiger partial charge on any atom is 0.407 e. The molecular weight excluding hydrogens is 228 g/mol. The Bertz CT molecular complexity index is 401. The van der Waals surface area contributed by atoms with Gasteiger partial charge in [0.05, 0.1) is 0 Å². The van der Waals surface area contributed by atoms with Crippen LogP contribution in [0, 0.1) is 0 Å². The Morgan fingerprint density at radius 2 is 2.17 bits per heavy atom. The lowest BCUT2D eigenvalue weighted by atomic mass is 10.2. The highest BCUT2D eigenvalue weighted by atomic mass is 16.6. The number of hydrogen-bond donors (Lipinski definition) is 2. The molecule has 1 aliphatic carbocycles. The summed E-state index contributed by atoms with van der Waals surface area (Å²) in [5, 5.41) is 5.86. The molecule has 0 unspecified atom stereocenters. The van der Waals surface area contributed by atoms with Gasteiger partial charge in [0.1, 0.15) is 6.10 Å². The molecule has 0 atom stereocenters. The van der Waals surface area contributed by atoms with Crippen molar-refractivity contribution in [2.75, 3.05) is 12.4 Å². The first kappa shape index (κ1) is 12.7. The van der Waals surface area contributed by atoms with E-state index in [4.69, 9.17) is 4.74 Å². The molecule has 0 radical (unpaired) electrons. The van der Waals surface area contributed by atoms with Gasteiger partial charge < -0.3 is 15.4 Å². The summed E-state index contributed by atoms with van der Waals surface area (Å²) in [6.45, 7) is 0.501. The van der Waals surface area contributed by atoms with E-state index >= 15 is 0 Å². The summed E-state index contributed by atoms with van der Waals surface area (Å²) in [6, 6.07) is 7.94. The monoisotopic (exact) mass is 248 g/mol. The molecule has 0 heterocycles. The van der Waals surface area contributed by atoms with Crippen molar-refractivity contribution in [2.24, 2.45) is 0 Å².